The summed E-state index contributed by atoms with van der Waals surface area (Å²) >= 11 is 0. The van der Waals surface area contributed by atoms with E-state index in [4.69, 9.17) is 0 Å². The van der Waals surface area contributed by atoms with Gasteiger partial charge in [0, 0.05) is 32.2 Å². The molecule has 0 bridgehead atoms. The zero-order valence-electron chi connectivity index (χ0n) is 14.2. The molecule has 2 heterocycles. The fourth-order valence-electron chi connectivity index (χ4n) is 3.15. The normalized spacial score (nSPS) is 19.7. The van der Waals surface area contributed by atoms with Gasteiger partial charge in [-0.05, 0) is 31.0 Å². The van der Waals surface area contributed by atoms with Crippen molar-refractivity contribution in [2.45, 2.75) is 23.8 Å². The summed E-state index contributed by atoms with van der Waals surface area (Å²) in [5.74, 6) is 0.00525. The fourth-order valence-corrected chi connectivity index (χ4v) is 4.60. The lowest BCUT2D eigenvalue weighted by atomic mass is 10.3. The summed E-state index contributed by atoms with van der Waals surface area (Å²) in [6.45, 7) is 2.00. The van der Waals surface area contributed by atoms with E-state index in [2.05, 4.69) is 15.3 Å². The molecule has 2 fully saturated rings. The highest BCUT2D eigenvalue weighted by atomic mass is 32.2. The lowest BCUT2D eigenvalue weighted by molar-refractivity contribution is -0.122. The van der Waals surface area contributed by atoms with Crippen LogP contribution in [0.15, 0.2) is 27.9 Å². The van der Waals surface area contributed by atoms with Crippen LogP contribution in [0.5, 0.6) is 0 Å². The van der Waals surface area contributed by atoms with Gasteiger partial charge in [0.05, 0.1) is 22.5 Å². The number of piperazine rings is 1. The predicted octanol–water partition coefficient (Wildman–Crippen LogP) is -0.559. The smallest absolute Gasteiger partial charge is 0.323 e. The van der Waals surface area contributed by atoms with E-state index in [9.17, 15) is 18.0 Å². The standard InChI is InChI=1S/C16H21N5O4S/c22-15(17-11-1-2-11)10-20-5-7-21(8-6-20)26(24,25)12-3-4-13-14(9-12)19-16(23)18-13/h3-4,9,11H,1-2,5-8,10H2,(H,17,22)(H2,18,19,23). The average molecular weight is 379 g/mol. The van der Waals surface area contributed by atoms with Crippen molar-refractivity contribution in [3.05, 3.63) is 28.7 Å². The first-order valence-corrected chi connectivity index (χ1v) is 10.1. The Balaban J connectivity index is 1.41. The molecule has 1 aromatic carbocycles. The first-order valence-electron chi connectivity index (χ1n) is 8.66. The van der Waals surface area contributed by atoms with Crippen LogP contribution in [-0.4, -0.2) is 72.3 Å². The summed E-state index contributed by atoms with van der Waals surface area (Å²) in [7, 11) is -3.63. The zero-order valence-corrected chi connectivity index (χ0v) is 15.0. The molecule has 1 amide bonds. The minimum absolute atomic E-state index is 0.00525. The number of hydrogen-bond donors (Lipinski definition) is 3. The number of nitrogens with zero attached hydrogens (tertiary/aromatic N) is 2. The van der Waals surface area contributed by atoms with Crippen molar-refractivity contribution in [3.8, 4) is 0 Å². The number of sulfonamides is 1. The van der Waals surface area contributed by atoms with Gasteiger partial charge in [-0.3, -0.25) is 9.69 Å². The number of aromatic nitrogens is 2. The minimum Gasteiger partial charge on any atom is -0.352 e. The Kier molecular flexibility index (Phi) is 4.33. The van der Waals surface area contributed by atoms with Gasteiger partial charge in [0.1, 0.15) is 0 Å². The van der Waals surface area contributed by atoms with Crippen LogP contribution in [0.25, 0.3) is 11.0 Å². The van der Waals surface area contributed by atoms with Crippen molar-refractivity contribution in [3.63, 3.8) is 0 Å². The van der Waals surface area contributed by atoms with Crippen molar-refractivity contribution in [2.24, 2.45) is 0 Å². The third-order valence-corrected chi connectivity index (χ3v) is 6.66. The van der Waals surface area contributed by atoms with E-state index < -0.39 is 10.0 Å². The SMILES string of the molecule is O=C(CN1CCN(S(=O)(=O)c2ccc3[nH]c(=O)[nH]c3c2)CC1)NC1CC1. The Morgan fingerprint density at radius 3 is 2.50 bits per heavy atom. The van der Waals surface area contributed by atoms with Crippen LogP contribution in [0.4, 0.5) is 0 Å². The van der Waals surface area contributed by atoms with Crippen molar-refractivity contribution in [1.29, 1.82) is 0 Å². The molecule has 9 nitrogen and oxygen atoms in total. The predicted molar refractivity (Wildman–Crippen MR) is 95.3 cm³/mol. The summed E-state index contributed by atoms with van der Waals surface area (Å²) in [4.78, 5) is 30.5. The van der Waals surface area contributed by atoms with Gasteiger partial charge in [-0.2, -0.15) is 4.31 Å². The monoisotopic (exact) mass is 379 g/mol. The fraction of sp³-hybridized carbons (Fsp3) is 0.500. The van der Waals surface area contributed by atoms with E-state index in [1.165, 1.54) is 16.4 Å². The summed E-state index contributed by atoms with van der Waals surface area (Å²) in [5.41, 5.74) is 0.666. The Morgan fingerprint density at radius 2 is 1.81 bits per heavy atom. The van der Waals surface area contributed by atoms with Gasteiger partial charge in [0.25, 0.3) is 0 Å². The molecule has 0 radical (unpaired) electrons. The summed E-state index contributed by atoms with van der Waals surface area (Å²) in [6.07, 6.45) is 2.10. The molecule has 2 aliphatic rings. The Labute approximate surface area is 150 Å². The second kappa shape index (κ2) is 6.53. The number of rotatable bonds is 5. The molecule has 1 aliphatic carbocycles. The molecule has 2 aromatic rings. The highest BCUT2D eigenvalue weighted by molar-refractivity contribution is 7.89. The van der Waals surface area contributed by atoms with E-state index in [1.807, 2.05) is 4.90 Å². The zero-order chi connectivity index (χ0) is 18.3. The summed E-state index contributed by atoms with van der Waals surface area (Å²) in [5, 5.41) is 2.94. The van der Waals surface area contributed by atoms with Crippen molar-refractivity contribution in [1.82, 2.24) is 24.5 Å². The van der Waals surface area contributed by atoms with Gasteiger partial charge in [-0.15, -0.1) is 0 Å². The molecule has 140 valence electrons. The second-order valence-electron chi connectivity index (χ2n) is 6.81. The van der Waals surface area contributed by atoms with Crippen LogP contribution in [0.1, 0.15) is 12.8 Å². The number of benzene rings is 1. The third-order valence-electron chi connectivity index (χ3n) is 4.77. The van der Waals surface area contributed by atoms with E-state index in [1.54, 1.807) is 6.07 Å². The van der Waals surface area contributed by atoms with Crippen LogP contribution in [-0.2, 0) is 14.8 Å². The van der Waals surface area contributed by atoms with Crippen LogP contribution < -0.4 is 11.0 Å². The Morgan fingerprint density at radius 1 is 1.12 bits per heavy atom. The van der Waals surface area contributed by atoms with Gasteiger partial charge in [0.2, 0.25) is 15.9 Å². The molecule has 4 rings (SSSR count). The van der Waals surface area contributed by atoms with Gasteiger partial charge in [0.15, 0.2) is 0 Å². The second-order valence-corrected chi connectivity index (χ2v) is 8.75. The molecule has 26 heavy (non-hydrogen) atoms. The van der Waals surface area contributed by atoms with E-state index in [-0.39, 0.29) is 16.5 Å². The van der Waals surface area contributed by atoms with Crippen LogP contribution >= 0.6 is 0 Å². The molecular formula is C16H21N5O4S. The molecular weight excluding hydrogens is 358 g/mol. The highest BCUT2D eigenvalue weighted by Gasteiger charge is 2.30. The average Bonchev–Trinajstić information content (AvgIpc) is 3.32. The van der Waals surface area contributed by atoms with Gasteiger partial charge in [-0.1, -0.05) is 0 Å². The molecule has 0 atom stereocenters. The number of fused-ring (bicyclic) bond motifs is 1. The highest BCUT2D eigenvalue weighted by Crippen LogP contribution is 2.21. The third kappa shape index (κ3) is 3.53. The molecule has 1 saturated carbocycles. The quantitative estimate of drug-likeness (QED) is 0.644. The topological polar surface area (TPSA) is 118 Å². The van der Waals surface area contributed by atoms with Gasteiger partial charge >= 0.3 is 5.69 Å². The lowest BCUT2D eigenvalue weighted by Gasteiger charge is -2.33. The number of H-pyrrole nitrogens is 2. The van der Waals surface area contributed by atoms with Gasteiger partial charge in [-0.25, -0.2) is 13.2 Å². The number of carbonyl (C=O) groups is 1. The van der Waals surface area contributed by atoms with Crippen molar-refractivity contribution >= 4 is 27.0 Å². The number of hydrogen-bond acceptors (Lipinski definition) is 5. The Hall–Kier alpha value is -2.17. The first-order chi connectivity index (χ1) is 12.4. The molecule has 1 saturated heterocycles. The maximum absolute atomic E-state index is 12.8. The largest absolute Gasteiger partial charge is 0.352 e. The first kappa shape index (κ1) is 17.3. The maximum atomic E-state index is 12.8. The van der Waals surface area contributed by atoms with Crippen LogP contribution in [0.2, 0.25) is 0 Å². The van der Waals surface area contributed by atoms with Crippen LogP contribution in [0.3, 0.4) is 0 Å². The number of amides is 1. The van der Waals surface area contributed by atoms with E-state index in [0.717, 1.165) is 12.8 Å². The molecule has 1 aromatic heterocycles. The summed E-state index contributed by atoms with van der Waals surface area (Å²) in [6, 6.07) is 4.88. The number of aromatic amines is 2. The van der Waals surface area contributed by atoms with Crippen LogP contribution in [0, 0.1) is 0 Å². The molecule has 3 N–H and O–H groups in total. The van der Waals surface area contributed by atoms with Crippen molar-refractivity contribution < 1.29 is 13.2 Å². The summed E-state index contributed by atoms with van der Waals surface area (Å²) < 4.78 is 27.1. The van der Waals surface area contributed by atoms with Gasteiger partial charge < -0.3 is 15.3 Å². The Bertz CT molecular complexity index is 983. The minimum atomic E-state index is -3.63. The molecule has 0 unspecified atom stereocenters. The lowest BCUT2D eigenvalue weighted by Crippen LogP contribution is -2.51. The molecule has 1 aliphatic heterocycles. The van der Waals surface area contributed by atoms with E-state index in [0.29, 0.717) is 49.8 Å². The van der Waals surface area contributed by atoms with E-state index >= 15 is 0 Å². The number of carbonyl (C=O) groups excluding carboxylic acids is 1. The maximum Gasteiger partial charge on any atom is 0.323 e. The van der Waals surface area contributed by atoms with Crippen molar-refractivity contribution in [2.75, 3.05) is 32.7 Å². The number of imidazole rings is 1. The number of nitrogens with one attached hydrogen (secondary N) is 3. The molecule has 10 heteroatoms. The molecule has 0 spiro atoms.